The van der Waals surface area contributed by atoms with E-state index < -0.39 is 0 Å². The Morgan fingerprint density at radius 2 is 1.72 bits per heavy atom. The monoisotopic (exact) mass is 245 g/mol. The molecule has 2 aliphatic rings. The fourth-order valence-corrected chi connectivity index (χ4v) is 3.36. The quantitative estimate of drug-likeness (QED) is 0.693. The topological polar surface area (TPSA) is 12.5 Å². The third kappa shape index (κ3) is 1.33. The van der Waals surface area contributed by atoms with Gasteiger partial charge in [0.2, 0.25) is 0 Å². The van der Waals surface area contributed by atoms with Crippen molar-refractivity contribution in [3.8, 4) is 0 Å². The molecule has 2 aliphatic heterocycles. The summed E-state index contributed by atoms with van der Waals surface area (Å²) >= 11 is 0. The van der Waals surface area contributed by atoms with Gasteiger partial charge >= 0.3 is 0 Å². The highest BCUT2D eigenvalue weighted by Gasteiger charge is 2.58. The number of hydrogen-bond donors (Lipinski definition) is 0. The second-order valence-corrected chi connectivity index (χ2v) is 7.16. The molecule has 98 valence electrons. The lowest BCUT2D eigenvalue weighted by Gasteiger charge is -2.52. The number of hydrogen-bond acceptors (Lipinski definition) is 2. The van der Waals surface area contributed by atoms with Gasteiger partial charge in [-0.25, -0.2) is 0 Å². The molecule has 0 amide bonds. The van der Waals surface area contributed by atoms with Crippen LogP contribution in [0.3, 0.4) is 0 Å². The van der Waals surface area contributed by atoms with E-state index in [1.165, 1.54) is 11.3 Å². The van der Waals surface area contributed by atoms with Gasteiger partial charge < -0.3 is 9.64 Å². The number of anilines is 1. The molecule has 18 heavy (non-hydrogen) atoms. The second kappa shape index (κ2) is 3.30. The van der Waals surface area contributed by atoms with Crippen molar-refractivity contribution in [2.75, 3.05) is 18.1 Å². The highest BCUT2D eigenvalue weighted by atomic mass is 16.5. The molecular weight excluding hydrogens is 222 g/mol. The summed E-state index contributed by atoms with van der Waals surface area (Å²) in [5, 5.41) is 0. The van der Waals surface area contributed by atoms with E-state index in [9.17, 15) is 0 Å². The minimum Gasteiger partial charge on any atom is -0.354 e. The van der Waals surface area contributed by atoms with Crippen molar-refractivity contribution >= 4 is 5.69 Å². The van der Waals surface area contributed by atoms with Crippen molar-refractivity contribution in [2.24, 2.45) is 5.41 Å². The molecule has 0 bridgehead atoms. The molecule has 3 rings (SSSR count). The maximum absolute atomic E-state index is 6.33. The number of fused-ring (bicyclic) bond motifs is 3. The summed E-state index contributed by atoms with van der Waals surface area (Å²) in [6.07, 6.45) is 0. The first-order valence-corrected chi connectivity index (χ1v) is 6.79. The van der Waals surface area contributed by atoms with Crippen LogP contribution in [0.25, 0.3) is 0 Å². The van der Waals surface area contributed by atoms with Crippen LogP contribution >= 0.6 is 0 Å². The van der Waals surface area contributed by atoms with E-state index in [2.05, 4.69) is 63.8 Å². The Hall–Kier alpha value is -1.02. The Bertz CT molecular complexity index is 492. The van der Waals surface area contributed by atoms with E-state index in [0.29, 0.717) is 0 Å². The summed E-state index contributed by atoms with van der Waals surface area (Å²) in [6, 6.07) is 8.73. The smallest absolute Gasteiger partial charge is 0.147 e. The molecule has 2 heterocycles. The first kappa shape index (κ1) is 12.0. The lowest BCUT2D eigenvalue weighted by atomic mass is 9.77. The summed E-state index contributed by atoms with van der Waals surface area (Å²) < 4.78 is 6.33. The van der Waals surface area contributed by atoms with Crippen LogP contribution in [-0.2, 0) is 10.2 Å². The number of rotatable bonds is 0. The van der Waals surface area contributed by atoms with Gasteiger partial charge in [0.15, 0.2) is 0 Å². The molecule has 1 atom stereocenters. The molecule has 0 aliphatic carbocycles. The van der Waals surface area contributed by atoms with Crippen molar-refractivity contribution in [1.29, 1.82) is 0 Å². The molecule has 0 radical (unpaired) electrons. The predicted molar refractivity (Wildman–Crippen MR) is 75.0 cm³/mol. The van der Waals surface area contributed by atoms with Gasteiger partial charge in [-0.3, -0.25) is 0 Å². The summed E-state index contributed by atoms with van der Waals surface area (Å²) in [6.45, 7) is 13.3. The van der Waals surface area contributed by atoms with Crippen molar-refractivity contribution < 1.29 is 4.74 Å². The molecule has 1 aromatic carbocycles. The van der Waals surface area contributed by atoms with Gasteiger partial charge in [0.1, 0.15) is 5.72 Å². The van der Waals surface area contributed by atoms with E-state index in [4.69, 9.17) is 4.74 Å². The summed E-state index contributed by atoms with van der Waals surface area (Å²) in [4.78, 5) is 2.46. The van der Waals surface area contributed by atoms with Gasteiger partial charge in [-0.15, -0.1) is 0 Å². The van der Waals surface area contributed by atoms with Gasteiger partial charge in [0.05, 0.1) is 6.61 Å². The lowest BCUT2D eigenvalue weighted by Crippen LogP contribution is -2.62. The number of benzene rings is 1. The van der Waals surface area contributed by atoms with Gasteiger partial charge in [-0.1, -0.05) is 45.9 Å². The summed E-state index contributed by atoms with van der Waals surface area (Å²) in [7, 11) is 0. The fraction of sp³-hybridized carbons (Fsp3) is 0.625. The normalized spacial score (nSPS) is 31.9. The first-order chi connectivity index (χ1) is 8.28. The maximum atomic E-state index is 6.33. The molecular formula is C16H23NO. The minimum absolute atomic E-state index is 0.0279. The number of para-hydroxylation sites is 1. The van der Waals surface area contributed by atoms with Gasteiger partial charge in [-0.2, -0.15) is 0 Å². The highest BCUT2D eigenvalue weighted by Crippen LogP contribution is 2.54. The van der Waals surface area contributed by atoms with Crippen LogP contribution in [-0.4, -0.2) is 18.9 Å². The number of ether oxygens (including phenoxy) is 1. The molecule has 1 aromatic rings. The third-order valence-electron chi connectivity index (χ3n) is 4.87. The van der Waals surface area contributed by atoms with E-state index in [0.717, 1.165) is 13.2 Å². The summed E-state index contributed by atoms with van der Waals surface area (Å²) in [5.41, 5.74) is 2.78. The number of nitrogens with zero attached hydrogens (tertiary/aromatic N) is 1. The Morgan fingerprint density at radius 1 is 1.06 bits per heavy atom. The Kier molecular flexibility index (Phi) is 2.20. The standard InChI is InChI=1S/C16H23NO/c1-14(2)10-17-13-9-7-6-8-12(13)15(3,4)16(17,5)18-11-14/h6-9H,10-11H2,1-5H3. The van der Waals surface area contributed by atoms with Crippen LogP contribution in [0.1, 0.15) is 40.2 Å². The van der Waals surface area contributed by atoms with Crippen LogP contribution in [0.15, 0.2) is 24.3 Å². The highest BCUT2D eigenvalue weighted by molar-refractivity contribution is 5.65. The van der Waals surface area contributed by atoms with E-state index in [1.807, 2.05) is 0 Å². The van der Waals surface area contributed by atoms with Crippen LogP contribution < -0.4 is 4.90 Å². The SMILES string of the molecule is CC1(C)COC2(C)N(C1)c1ccccc1C2(C)C. The van der Waals surface area contributed by atoms with Crippen molar-refractivity contribution in [1.82, 2.24) is 0 Å². The Labute approximate surface area is 110 Å². The van der Waals surface area contributed by atoms with Gasteiger partial charge in [0, 0.05) is 23.1 Å². The maximum Gasteiger partial charge on any atom is 0.147 e. The Balaban J connectivity index is 2.16. The van der Waals surface area contributed by atoms with E-state index >= 15 is 0 Å². The van der Waals surface area contributed by atoms with Gasteiger partial charge in [-0.05, 0) is 18.6 Å². The average Bonchev–Trinajstić information content (AvgIpc) is 2.47. The average molecular weight is 245 g/mol. The molecule has 0 spiro atoms. The molecule has 0 saturated carbocycles. The third-order valence-corrected chi connectivity index (χ3v) is 4.87. The van der Waals surface area contributed by atoms with Crippen LogP contribution in [0, 0.1) is 5.41 Å². The molecule has 2 heteroatoms. The van der Waals surface area contributed by atoms with Crippen molar-refractivity contribution in [3.63, 3.8) is 0 Å². The van der Waals surface area contributed by atoms with Crippen molar-refractivity contribution in [2.45, 2.75) is 45.8 Å². The molecule has 2 nitrogen and oxygen atoms in total. The van der Waals surface area contributed by atoms with Crippen LogP contribution in [0.5, 0.6) is 0 Å². The van der Waals surface area contributed by atoms with Crippen LogP contribution in [0.2, 0.25) is 0 Å². The predicted octanol–water partition coefficient (Wildman–Crippen LogP) is 3.56. The van der Waals surface area contributed by atoms with E-state index in [-0.39, 0.29) is 16.6 Å². The first-order valence-electron chi connectivity index (χ1n) is 6.79. The second-order valence-electron chi connectivity index (χ2n) is 7.16. The fourth-order valence-electron chi connectivity index (χ4n) is 3.36. The van der Waals surface area contributed by atoms with Crippen LogP contribution in [0.4, 0.5) is 5.69 Å². The Morgan fingerprint density at radius 3 is 2.44 bits per heavy atom. The zero-order chi connectivity index (χ0) is 13.2. The zero-order valence-corrected chi connectivity index (χ0v) is 12.1. The summed E-state index contributed by atoms with van der Waals surface area (Å²) in [5.74, 6) is 0. The van der Waals surface area contributed by atoms with E-state index in [1.54, 1.807) is 0 Å². The zero-order valence-electron chi connectivity index (χ0n) is 12.1. The molecule has 1 saturated heterocycles. The molecule has 0 N–H and O–H groups in total. The minimum atomic E-state index is -0.216. The van der Waals surface area contributed by atoms with Crippen molar-refractivity contribution in [3.05, 3.63) is 29.8 Å². The lowest BCUT2D eigenvalue weighted by molar-refractivity contribution is -0.128. The molecule has 0 aromatic heterocycles. The molecule has 1 unspecified atom stereocenters. The largest absolute Gasteiger partial charge is 0.354 e. The molecule has 1 fully saturated rings. The van der Waals surface area contributed by atoms with Gasteiger partial charge in [0.25, 0.3) is 0 Å².